The van der Waals surface area contributed by atoms with Crippen molar-refractivity contribution in [2.45, 2.75) is 32.9 Å². The monoisotopic (exact) mass is 264 g/mol. The van der Waals surface area contributed by atoms with Crippen molar-refractivity contribution in [1.29, 1.82) is 0 Å². The minimum absolute atomic E-state index is 0.184. The smallest absolute Gasteiger partial charge is 0.335 e. The highest BCUT2D eigenvalue weighted by Gasteiger charge is 2.14. The summed E-state index contributed by atoms with van der Waals surface area (Å²) in [6, 6.07) is 5.88. The molecule has 1 amide bonds. The predicted octanol–water partition coefficient (Wildman–Crippen LogP) is 1.37. The maximum absolute atomic E-state index is 11.7. The standard InChI is InChI=1S/C14H20N2O3/c1-9(2)7-12(15)13(17)16-8-10-3-5-11(6-4-10)14(18)19/h3-6,9,12H,7-8,15H2,1-2H3,(H,16,17)(H,18,19)/t12-/m0/s1. The number of aromatic carboxylic acids is 1. The molecule has 0 bridgehead atoms. The first kappa shape index (κ1) is 15.2. The molecule has 1 rings (SSSR count). The topological polar surface area (TPSA) is 92.4 Å². The zero-order chi connectivity index (χ0) is 14.4. The first-order chi connectivity index (χ1) is 8.90. The van der Waals surface area contributed by atoms with Gasteiger partial charge in [0.05, 0.1) is 11.6 Å². The average Bonchev–Trinajstić information content (AvgIpc) is 2.35. The van der Waals surface area contributed by atoms with Crippen LogP contribution in [0.2, 0.25) is 0 Å². The molecule has 0 aliphatic heterocycles. The third kappa shape index (κ3) is 5.09. The third-order valence-electron chi connectivity index (χ3n) is 2.73. The Morgan fingerprint density at radius 3 is 2.32 bits per heavy atom. The van der Waals surface area contributed by atoms with Gasteiger partial charge in [0.15, 0.2) is 0 Å². The van der Waals surface area contributed by atoms with Crippen LogP contribution in [0, 0.1) is 5.92 Å². The van der Waals surface area contributed by atoms with E-state index in [0.717, 1.165) is 5.56 Å². The highest BCUT2D eigenvalue weighted by molar-refractivity contribution is 5.87. The number of nitrogens with one attached hydrogen (secondary N) is 1. The van der Waals surface area contributed by atoms with Gasteiger partial charge in [-0.05, 0) is 30.0 Å². The number of hydrogen-bond acceptors (Lipinski definition) is 3. The van der Waals surface area contributed by atoms with Crippen LogP contribution in [0.15, 0.2) is 24.3 Å². The average molecular weight is 264 g/mol. The van der Waals surface area contributed by atoms with Crippen molar-refractivity contribution >= 4 is 11.9 Å². The van der Waals surface area contributed by atoms with Gasteiger partial charge in [0.2, 0.25) is 5.91 Å². The van der Waals surface area contributed by atoms with E-state index in [2.05, 4.69) is 5.32 Å². The second-order valence-electron chi connectivity index (χ2n) is 4.96. The molecule has 0 saturated carbocycles. The molecule has 104 valence electrons. The lowest BCUT2D eigenvalue weighted by molar-refractivity contribution is -0.122. The largest absolute Gasteiger partial charge is 0.478 e. The Balaban J connectivity index is 2.48. The summed E-state index contributed by atoms with van der Waals surface area (Å²) in [5, 5.41) is 11.5. The minimum Gasteiger partial charge on any atom is -0.478 e. The van der Waals surface area contributed by atoms with Crippen LogP contribution < -0.4 is 11.1 Å². The fraction of sp³-hybridized carbons (Fsp3) is 0.429. The highest BCUT2D eigenvalue weighted by atomic mass is 16.4. The van der Waals surface area contributed by atoms with Gasteiger partial charge < -0.3 is 16.2 Å². The summed E-state index contributed by atoms with van der Waals surface area (Å²) in [5.74, 6) is -0.777. The van der Waals surface area contributed by atoms with Crippen molar-refractivity contribution in [1.82, 2.24) is 5.32 Å². The molecule has 0 spiro atoms. The van der Waals surface area contributed by atoms with Crippen LogP contribution in [-0.2, 0) is 11.3 Å². The maximum Gasteiger partial charge on any atom is 0.335 e. The molecule has 1 atom stereocenters. The summed E-state index contributed by atoms with van der Waals surface area (Å²) < 4.78 is 0. The van der Waals surface area contributed by atoms with E-state index in [1.54, 1.807) is 12.1 Å². The second-order valence-corrected chi connectivity index (χ2v) is 4.96. The van der Waals surface area contributed by atoms with Crippen LogP contribution in [0.3, 0.4) is 0 Å². The lowest BCUT2D eigenvalue weighted by Crippen LogP contribution is -2.41. The number of nitrogens with two attached hydrogens (primary N) is 1. The molecule has 0 unspecified atom stereocenters. The first-order valence-electron chi connectivity index (χ1n) is 6.25. The number of rotatable bonds is 6. The fourth-order valence-electron chi connectivity index (χ4n) is 1.70. The summed E-state index contributed by atoms with van der Waals surface area (Å²) in [5.41, 5.74) is 6.83. The van der Waals surface area contributed by atoms with Crippen molar-refractivity contribution in [3.05, 3.63) is 35.4 Å². The Morgan fingerprint density at radius 1 is 1.26 bits per heavy atom. The number of amides is 1. The number of carbonyl (C=O) groups excluding carboxylic acids is 1. The lowest BCUT2D eigenvalue weighted by Gasteiger charge is -2.14. The molecule has 5 heteroatoms. The molecule has 0 heterocycles. The van der Waals surface area contributed by atoms with Gasteiger partial charge in [0, 0.05) is 6.54 Å². The molecule has 0 saturated heterocycles. The molecule has 4 N–H and O–H groups in total. The highest BCUT2D eigenvalue weighted by Crippen LogP contribution is 2.05. The van der Waals surface area contributed by atoms with E-state index in [1.807, 2.05) is 13.8 Å². The molecule has 0 aliphatic rings. The minimum atomic E-state index is -0.963. The molecule has 0 fully saturated rings. The number of carboxylic acid groups (broad SMARTS) is 1. The molecule has 1 aromatic carbocycles. The summed E-state index contributed by atoms with van der Waals surface area (Å²) in [7, 11) is 0. The van der Waals surface area contributed by atoms with Gasteiger partial charge in [-0.1, -0.05) is 26.0 Å². The van der Waals surface area contributed by atoms with Crippen LogP contribution in [0.4, 0.5) is 0 Å². The Labute approximate surface area is 112 Å². The zero-order valence-electron chi connectivity index (χ0n) is 11.2. The van der Waals surface area contributed by atoms with Gasteiger partial charge in [-0.3, -0.25) is 4.79 Å². The molecular weight excluding hydrogens is 244 g/mol. The molecule has 0 aliphatic carbocycles. The van der Waals surface area contributed by atoms with Crippen molar-refractivity contribution in [3.8, 4) is 0 Å². The maximum atomic E-state index is 11.7. The van der Waals surface area contributed by atoms with Crippen LogP contribution in [-0.4, -0.2) is 23.0 Å². The molecule has 0 aromatic heterocycles. The van der Waals surface area contributed by atoms with E-state index in [-0.39, 0.29) is 11.5 Å². The van der Waals surface area contributed by atoms with Gasteiger partial charge in [-0.15, -0.1) is 0 Å². The fourth-order valence-corrected chi connectivity index (χ4v) is 1.70. The Hall–Kier alpha value is -1.88. The summed E-state index contributed by atoms with van der Waals surface area (Å²) in [4.78, 5) is 22.4. The zero-order valence-corrected chi connectivity index (χ0v) is 11.2. The molecule has 1 aromatic rings. The van der Waals surface area contributed by atoms with Crippen molar-refractivity contribution in [3.63, 3.8) is 0 Å². The van der Waals surface area contributed by atoms with Crippen LogP contribution >= 0.6 is 0 Å². The number of benzene rings is 1. The predicted molar refractivity (Wildman–Crippen MR) is 72.7 cm³/mol. The van der Waals surface area contributed by atoms with E-state index < -0.39 is 12.0 Å². The molecule has 5 nitrogen and oxygen atoms in total. The van der Waals surface area contributed by atoms with Crippen molar-refractivity contribution < 1.29 is 14.7 Å². The van der Waals surface area contributed by atoms with Gasteiger partial charge in [0.1, 0.15) is 0 Å². The molecule has 19 heavy (non-hydrogen) atoms. The van der Waals surface area contributed by atoms with Crippen LogP contribution in [0.1, 0.15) is 36.2 Å². The van der Waals surface area contributed by atoms with Crippen molar-refractivity contribution in [2.75, 3.05) is 0 Å². The Bertz CT molecular complexity index is 441. The van der Waals surface area contributed by atoms with Gasteiger partial charge in [-0.25, -0.2) is 4.79 Å². The van der Waals surface area contributed by atoms with Gasteiger partial charge in [0.25, 0.3) is 0 Å². The Kier molecular flexibility index (Phi) is 5.51. The third-order valence-corrected chi connectivity index (χ3v) is 2.73. The first-order valence-corrected chi connectivity index (χ1v) is 6.25. The second kappa shape index (κ2) is 6.89. The van der Waals surface area contributed by atoms with E-state index in [9.17, 15) is 9.59 Å². The van der Waals surface area contributed by atoms with E-state index in [0.29, 0.717) is 18.9 Å². The van der Waals surface area contributed by atoms with Crippen LogP contribution in [0.5, 0.6) is 0 Å². The normalized spacial score (nSPS) is 12.2. The summed E-state index contributed by atoms with van der Waals surface area (Å²) >= 11 is 0. The summed E-state index contributed by atoms with van der Waals surface area (Å²) in [6.07, 6.45) is 0.643. The van der Waals surface area contributed by atoms with Gasteiger partial charge in [-0.2, -0.15) is 0 Å². The molecular formula is C14H20N2O3. The number of carboxylic acids is 1. The quantitative estimate of drug-likeness (QED) is 0.723. The van der Waals surface area contributed by atoms with Crippen LogP contribution in [0.25, 0.3) is 0 Å². The van der Waals surface area contributed by atoms with Crippen molar-refractivity contribution in [2.24, 2.45) is 11.7 Å². The van der Waals surface area contributed by atoms with E-state index in [1.165, 1.54) is 12.1 Å². The van der Waals surface area contributed by atoms with E-state index >= 15 is 0 Å². The van der Waals surface area contributed by atoms with E-state index in [4.69, 9.17) is 10.8 Å². The SMILES string of the molecule is CC(C)C[C@H](N)C(=O)NCc1ccc(C(=O)O)cc1. The summed E-state index contributed by atoms with van der Waals surface area (Å²) in [6.45, 7) is 4.38. The lowest BCUT2D eigenvalue weighted by atomic mass is 10.0. The van der Waals surface area contributed by atoms with Gasteiger partial charge >= 0.3 is 5.97 Å². The number of carbonyl (C=O) groups is 2. The number of hydrogen-bond donors (Lipinski definition) is 3. The molecule has 0 radical (unpaired) electrons. The Morgan fingerprint density at radius 2 is 1.84 bits per heavy atom.